The number of nitrogens with one attached hydrogen (secondary N) is 1. The summed E-state index contributed by atoms with van der Waals surface area (Å²) in [5.41, 5.74) is 3.61. The van der Waals surface area contributed by atoms with Crippen LogP contribution in [0.25, 0.3) is 0 Å². The molecule has 30 heavy (non-hydrogen) atoms. The molecular weight excluding hydrogens is 414 g/mol. The molecule has 6 heteroatoms. The SMILES string of the molecule is C=CCN(C)CCCCOc1ccc2c(c1)CCN2C(=S)NCc1ccc(Cl)cc1. The van der Waals surface area contributed by atoms with Gasteiger partial charge < -0.3 is 19.9 Å². The predicted molar refractivity (Wildman–Crippen MR) is 131 cm³/mol. The van der Waals surface area contributed by atoms with E-state index in [-0.39, 0.29) is 0 Å². The molecule has 4 nitrogen and oxygen atoms in total. The summed E-state index contributed by atoms with van der Waals surface area (Å²) in [6, 6.07) is 14.1. The predicted octanol–water partition coefficient (Wildman–Crippen LogP) is 5.05. The van der Waals surface area contributed by atoms with Crippen LogP contribution in [0.3, 0.4) is 0 Å². The molecule has 3 rings (SSSR count). The standard InChI is InChI=1S/C24H30ClN3OS/c1-3-13-27(2)14-4-5-16-29-22-10-11-23-20(17-22)12-15-28(23)24(30)26-18-19-6-8-21(25)9-7-19/h3,6-11,17H,1,4-5,12-16,18H2,2H3,(H,26,30). The zero-order valence-corrected chi connectivity index (χ0v) is 19.1. The summed E-state index contributed by atoms with van der Waals surface area (Å²) in [4.78, 5) is 4.43. The number of unbranched alkanes of at least 4 members (excludes halogenated alkanes) is 1. The first-order chi connectivity index (χ1) is 14.6. The van der Waals surface area contributed by atoms with Crippen LogP contribution in [0.1, 0.15) is 24.0 Å². The van der Waals surface area contributed by atoms with Crippen LogP contribution in [0.5, 0.6) is 5.75 Å². The molecule has 160 valence electrons. The first-order valence-corrected chi connectivity index (χ1v) is 11.2. The highest BCUT2D eigenvalue weighted by Gasteiger charge is 2.22. The molecule has 0 spiro atoms. The number of benzene rings is 2. The fourth-order valence-electron chi connectivity index (χ4n) is 3.54. The van der Waals surface area contributed by atoms with Crippen molar-refractivity contribution >= 4 is 34.6 Å². The zero-order valence-electron chi connectivity index (χ0n) is 17.6. The molecule has 2 aromatic rings. The minimum Gasteiger partial charge on any atom is -0.494 e. The number of rotatable bonds is 10. The molecule has 2 aromatic carbocycles. The van der Waals surface area contributed by atoms with Crippen LogP contribution in [0, 0.1) is 0 Å². The third-order valence-electron chi connectivity index (χ3n) is 5.19. The average Bonchev–Trinajstić information content (AvgIpc) is 3.16. The van der Waals surface area contributed by atoms with E-state index in [1.807, 2.05) is 36.4 Å². The Morgan fingerprint density at radius 1 is 1.27 bits per heavy atom. The molecular formula is C24H30ClN3OS. The Hall–Kier alpha value is -2.08. The first-order valence-electron chi connectivity index (χ1n) is 10.4. The molecule has 1 heterocycles. The second-order valence-electron chi connectivity index (χ2n) is 7.58. The topological polar surface area (TPSA) is 27.7 Å². The second kappa shape index (κ2) is 11.3. The van der Waals surface area contributed by atoms with E-state index in [4.69, 9.17) is 28.6 Å². The second-order valence-corrected chi connectivity index (χ2v) is 8.41. The number of ether oxygens (including phenoxy) is 1. The number of likely N-dealkylation sites (N-methyl/N-ethyl adjacent to an activating group) is 1. The Kier molecular flexibility index (Phi) is 8.55. The van der Waals surface area contributed by atoms with Crippen LogP contribution < -0.4 is 15.0 Å². The van der Waals surface area contributed by atoms with Gasteiger partial charge in [-0.15, -0.1) is 6.58 Å². The van der Waals surface area contributed by atoms with Gasteiger partial charge in [0.15, 0.2) is 5.11 Å². The Labute approximate surface area is 190 Å². The molecule has 0 radical (unpaired) electrons. The minimum atomic E-state index is 0.686. The van der Waals surface area contributed by atoms with Gasteiger partial charge >= 0.3 is 0 Å². The lowest BCUT2D eigenvalue weighted by atomic mass is 10.1. The van der Waals surface area contributed by atoms with E-state index >= 15 is 0 Å². The number of anilines is 1. The van der Waals surface area contributed by atoms with Gasteiger partial charge in [-0.25, -0.2) is 0 Å². The van der Waals surface area contributed by atoms with Crippen molar-refractivity contribution in [1.29, 1.82) is 0 Å². The summed E-state index contributed by atoms with van der Waals surface area (Å²) in [5.74, 6) is 0.940. The van der Waals surface area contributed by atoms with Crippen molar-refractivity contribution in [3.05, 3.63) is 71.3 Å². The monoisotopic (exact) mass is 443 g/mol. The largest absolute Gasteiger partial charge is 0.494 e. The molecule has 0 unspecified atom stereocenters. The minimum absolute atomic E-state index is 0.686. The number of nitrogens with zero attached hydrogens (tertiary/aromatic N) is 2. The number of fused-ring (bicyclic) bond motifs is 1. The molecule has 0 fully saturated rings. The van der Waals surface area contributed by atoms with Crippen molar-refractivity contribution < 1.29 is 4.74 Å². The maximum atomic E-state index is 5.97. The van der Waals surface area contributed by atoms with E-state index in [1.54, 1.807) is 0 Å². The lowest BCUT2D eigenvalue weighted by Gasteiger charge is -2.21. The molecule has 0 atom stereocenters. The van der Waals surface area contributed by atoms with Gasteiger partial charge in [-0.1, -0.05) is 29.8 Å². The van der Waals surface area contributed by atoms with Crippen molar-refractivity contribution in [2.24, 2.45) is 0 Å². The van der Waals surface area contributed by atoms with Gasteiger partial charge in [0.2, 0.25) is 0 Å². The van der Waals surface area contributed by atoms with Crippen LogP contribution in [0.2, 0.25) is 5.02 Å². The summed E-state index contributed by atoms with van der Waals surface area (Å²) in [7, 11) is 2.11. The summed E-state index contributed by atoms with van der Waals surface area (Å²) in [6.45, 7) is 8.08. The fraction of sp³-hybridized carbons (Fsp3) is 0.375. The Balaban J connectivity index is 1.46. The summed E-state index contributed by atoms with van der Waals surface area (Å²) in [5, 5.41) is 4.85. The van der Waals surface area contributed by atoms with Crippen LogP contribution in [0.15, 0.2) is 55.1 Å². The molecule has 0 amide bonds. The third-order valence-corrected chi connectivity index (χ3v) is 5.81. The number of hydrogen-bond acceptors (Lipinski definition) is 3. The molecule has 0 saturated carbocycles. The molecule has 0 aliphatic carbocycles. The van der Waals surface area contributed by atoms with Crippen molar-refractivity contribution in [2.45, 2.75) is 25.8 Å². The zero-order chi connectivity index (χ0) is 21.3. The summed E-state index contributed by atoms with van der Waals surface area (Å²) in [6.07, 6.45) is 5.07. The average molecular weight is 444 g/mol. The third kappa shape index (κ3) is 6.46. The maximum Gasteiger partial charge on any atom is 0.173 e. The van der Waals surface area contributed by atoms with Crippen LogP contribution in [-0.4, -0.2) is 43.3 Å². The van der Waals surface area contributed by atoms with Crippen molar-refractivity contribution in [3.63, 3.8) is 0 Å². The molecule has 1 aliphatic rings. The first kappa shape index (κ1) is 22.6. The molecule has 0 aromatic heterocycles. The van der Waals surface area contributed by atoms with Gasteiger partial charge in [-0.3, -0.25) is 0 Å². The fourth-order valence-corrected chi connectivity index (χ4v) is 3.93. The highest BCUT2D eigenvalue weighted by atomic mass is 35.5. The number of thiocarbonyl (C=S) groups is 1. The summed E-state index contributed by atoms with van der Waals surface area (Å²) < 4.78 is 5.97. The lowest BCUT2D eigenvalue weighted by Crippen LogP contribution is -2.38. The lowest BCUT2D eigenvalue weighted by molar-refractivity contribution is 0.287. The molecule has 1 N–H and O–H groups in total. The van der Waals surface area contributed by atoms with Gasteiger partial charge in [-0.05, 0) is 86.5 Å². The number of halogens is 1. The highest BCUT2D eigenvalue weighted by Crippen LogP contribution is 2.31. The smallest absolute Gasteiger partial charge is 0.173 e. The van der Waals surface area contributed by atoms with Gasteiger partial charge in [0.1, 0.15) is 5.75 Å². The molecule has 1 aliphatic heterocycles. The van der Waals surface area contributed by atoms with Crippen LogP contribution in [-0.2, 0) is 13.0 Å². The summed E-state index contributed by atoms with van der Waals surface area (Å²) >= 11 is 11.6. The van der Waals surface area contributed by atoms with Crippen LogP contribution in [0.4, 0.5) is 5.69 Å². The van der Waals surface area contributed by atoms with E-state index in [9.17, 15) is 0 Å². The van der Waals surface area contributed by atoms with E-state index in [2.05, 4.69) is 40.9 Å². The quantitative estimate of drug-likeness (QED) is 0.315. The van der Waals surface area contributed by atoms with Crippen LogP contribution >= 0.6 is 23.8 Å². The molecule has 0 bridgehead atoms. The molecule has 0 saturated heterocycles. The van der Waals surface area contributed by atoms with Crippen molar-refractivity contribution in [1.82, 2.24) is 10.2 Å². The van der Waals surface area contributed by atoms with E-state index in [1.165, 1.54) is 11.3 Å². The highest BCUT2D eigenvalue weighted by molar-refractivity contribution is 7.80. The number of hydrogen-bond donors (Lipinski definition) is 1. The maximum absolute atomic E-state index is 5.97. The van der Waals surface area contributed by atoms with E-state index in [0.717, 1.165) is 67.0 Å². The Bertz CT molecular complexity index is 856. The normalized spacial score (nSPS) is 12.7. The van der Waals surface area contributed by atoms with Gasteiger partial charge in [0.25, 0.3) is 0 Å². The van der Waals surface area contributed by atoms with Crippen molar-refractivity contribution in [2.75, 3.05) is 38.2 Å². The Morgan fingerprint density at radius 2 is 2.07 bits per heavy atom. The van der Waals surface area contributed by atoms with Gasteiger partial charge in [-0.2, -0.15) is 0 Å². The van der Waals surface area contributed by atoms with Gasteiger partial charge in [0.05, 0.1) is 6.61 Å². The van der Waals surface area contributed by atoms with E-state index < -0.39 is 0 Å². The Morgan fingerprint density at radius 3 is 2.83 bits per heavy atom. The van der Waals surface area contributed by atoms with E-state index in [0.29, 0.717) is 6.54 Å². The van der Waals surface area contributed by atoms with Crippen molar-refractivity contribution in [3.8, 4) is 5.75 Å². The van der Waals surface area contributed by atoms with Gasteiger partial charge in [0, 0.05) is 30.3 Å².